The fourth-order valence-electron chi connectivity index (χ4n) is 3.66. The SMILES string of the molecule is Cc1ccc(NC(=O)CN(C)C(=O)[C@H](C)N2CCN(c3ccccc3F)CC2)cc1. The van der Waals surface area contributed by atoms with E-state index in [9.17, 15) is 14.0 Å². The van der Waals surface area contributed by atoms with Crippen molar-refractivity contribution in [1.29, 1.82) is 0 Å². The number of aryl methyl sites for hydroxylation is 1. The maximum absolute atomic E-state index is 14.0. The van der Waals surface area contributed by atoms with Crippen LogP contribution in [0.15, 0.2) is 48.5 Å². The van der Waals surface area contributed by atoms with Crippen LogP contribution in [-0.4, -0.2) is 67.4 Å². The first-order chi connectivity index (χ1) is 14.3. The Morgan fingerprint density at radius 2 is 1.70 bits per heavy atom. The first-order valence-corrected chi connectivity index (χ1v) is 10.2. The van der Waals surface area contributed by atoms with Gasteiger partial charge in [-0.3, -0.25) is 14.5 Å². The largest absolute Gasteiger partial charge is 0.367 e. The van der Waals surface area contributed by atoms with Gasteiger partial charge in [-0.05, 0) is 38.1 Å². The van der Waals surface area contributed by atoms with Gasteiger partial charge in [0.2, 0.25) is 11.8 Å². The van der Waals surface area contributed by atoms with Crippen molar-refractivity contribution >= 4 is 23.2 Å². The third-order valence-corrected chi connectivity index (χ3v) is 5.50. The average Bonchev–Trinajstić information content (AvgIpc) is 2.74. The maximum atomic E-state index is 14.0. The molecular formula is C23H29FN4O2. The number of hydrogen-bond acceptors (Lipinski definition) is 4. The molecule has 1 fully saturated rings. The van der Waals surface area contributed by atoms with E-state index in [1.807, 2.05) is 49.1 Å². The summed E-state index contributed by atoms with van der Waals surface area (Å²) in [6.07, 6.45) is 0. The number of amides is 2. The number of nitrogens with zero attached hydrogens (tertiary/aromatic N) is 3. The molecule has 0 radical (unpaired) electrons. The summed E-state index contributed by atoms with van der Waals surface area (Å²) < 4.78 is 14.0. The van der Waals surface area contributed by atoms with E-state index in [2.05, 4.69) is 10.2 Å². The van der Waals surface area contributed by atoms with E-state index in [-0.39, 0.29) is 30.2 Å². The Morgan fingerprint density at radius 1 is 1.07 bits per heavy atom. The summed E-state index contributed by atoms with van der Waals surface area (Å²) >= 11 is 0. The summed E-state index contributed by atoms with van der Waals surface area (Å²) in [7, 11) is 1.64. The number of rotatable bonds is 6. The van der Waals surface area contributed by atoms with Gasteiger partial charge < -0.3 is 15.1 Å². The van der Waals surface area contributed by atoms with Crippen molar-refractivity contribution < 1.29 is 14.0 Å². The van der Waals surface area contributed by atoms with Crippen LogP contribution in [-0.2, 0) is 9.59 Å². The van der Waals surface area contributed by atoms with Crippen molar-refractivity contribution in [3.8, 4) is 0 Å². The Bertz CT molecular complexity index is 879. The first-order valence-electron chi connectivity index (χ1n) is 10.2. The minimum Gasteiger partial charge on any atom is -0.367 e. The molecule has 0 spiro atoms. The summed E-state index contributed by atoms with van der Waals surface area (Å²) in [5.74, 6) is -0.561. The zero-order valence-corrected chi connectivity index (χ0v) is 17.8. The van der Waals surface area contributed by atoms with Crippen molar-refractivity contribution in [2.75, 3.05) is 50.0 Å². The standard InChI is InChI=1S/C23H29FN4O2/c1-17-8-10-19(11-9-17)25-22(29)16-26(3)23(30)18(2)27-12-14-28(15-13-27)21-7-5-4-6-20(21)24/h4-11,18H,12-16H2,1-3H3,(H,25,29)/t18-/m0/s1. The van der Waals surface area contributed by atoms with E-state index in [1.165, 1.54) is 11.0 Å². The second kappa shape index (κ2) is 9.71. The van der Waals surface area contributed by atoms with E-state index < -0.39 is 0 Å². The normalized spacial score (nSPS) is 15.5. The Balaban J connectivity index is 1.49. The smallest absolute Gasteiger partial charge is 0.243 e. The van der Waals surface area contributed by atoms with Crippen LogP contribution in [0.2, 0.25) is 0 Å². The van der Waals surface area contributed by atoms with E-state index in [0.29, 0.717) is 37.6 Å². The Hall–Kier alpha value is -2.93. The number of hydrogen-bond donors (Lipinski definition) is 1. The molecule has 0 aromatic heterocycles. The van der Waals surface area contributed by atoms with Gasteiger partial charge in [0.15, 0.2) is 0 Å². The van der Waals surface area contributed by atoms with E-state index in [1.54, 1.807) is 19.2 Å². The number of anilines is 2. The third-order valence-electron chi connectivity index (χ3n) is 5.50. The molecular weight excluding hydrogens is 383 g/mol. The van der Waals surface area contributed by atoms with Gasteiger partial charge in [-0.25, -0.2) is 4.39 Å². The highest BCUT2D eigenvalue weighted by atomic mass is 19.1. The van der Waals surface area contributed by atoms with E-state index in [0.717, 1.165) is 5.56 Å². The summed E-state index contributed by atoms with van der Waals surface area (Å²) in [5.41, 5.74) is 2.43. The molecule has 7 heteroatoms. The van der Waals surface area contributed by atoms with Crippen molar-refractivity contribution in [3.05, 3.63) is 59.9 Å². The Morgan fingerprint density at radius 3 is 2.33 bits per heavy atom. The molecule has 1 aliphatic heterocycles. The summed E-state index contributed by atoms with van der Waals surface area (Å²) in [6, 6.07) is 13.9. The van der Waals surface area contributed by atoms with Crippen LogP contribution < -0.4 is 10.2 Å². The van der Waals surface area contributed by atoms with Crippen LogP contribution in [0.5, 0.6) is 0 Å². The third kappa shape index (κ3) is 5.36. The zero-order chi connectivity index (χ0) is 21.7. The fourth-order valence-corrected chi connectivity index (χ4v) is 3.66. The molecule has 1 saturated heterocycles. The predicted octanol–water partition coefficient (Wildman–Crippen LogP) is 2.74. The zero-order valence-electron chi connectivity index (χ0n) is 17.8. The number of carbonyl (C=O) groups is 2. The van der Waals surface area contributed by atoms with Gasteiger partial charge in [0.05, 0.1) is 18.3 Å². The number of benzene rings is 2. The lowest BCUT2D eigenvalue weighted by Gasteiger charge is -2.39. The van der Waals surface area contributed by atoms with Crippen molar-refractivity contribution in [3.63, 3.8) is 0 Å². The predicted molar refractivity (Wildman–Crippen MR) is 117 cm³/mol. The number of para-hydroxylation sites is 1. The van der Waals surface area contributed by atoms with Gasteiger partial charge in [-0.1, -0.05) is 29.8 Å². The minimum absolute atomic E-state index is 0.00770. The molecule has 1 N–H and O–H groups in total. The van der Waals surface area contributed by atoms with Crippen LogP contribution >= 0.6 is 0 Å². The van der Waals surface area contributed by atoms with Gasteiger partial charge >= 0.3 is 0 Å². The molecule has 2 aromatic carbocycles. The number of carbonyl (C=O) groups excluding carboxylic acids is 2. The molecule has 0 saturated carbocycles. The topological polar surface area (TPSA) is 55.9 Å². The Labute approximate surface area is 177 Å². The average molecular weight is 413 g/mol. The molecule has 0 bridgehead atoms. The molecule has 1 aliphatic rings. The molecule has 160 valence electrons. The second-order valence-electron chi connectivity index (χ2n) is 7.76. The lowest BCUT2D eigenvalue weighted by atomic mass is 10.2. The monoisotopic (exact) mass is 412 g/mol. The van der Waals surface area contributed by atoms with Crippen LogP contribution in [0.4, 0.5) is 15.8 Å². The highest BCUT2D eigenvalue weighted by molar-refractivity contribution is 5.95. The molecule has 1 heterocycles. The molecule has 0 aliphatic carbocycles. The van der Waals surface area contributed by atoms with Crippen molar-refractivity contribution in [2.24, 2.45) is 0 Å². The maximum Gasteiger partial charge on any atom is 0.243 e. The van der Waals surface area contributed by atoms with Crippen LogP contribution in [0.1, 0.15) is 12.5 Å². The van der Waals surface area contributed by atoms with Crippen LogP contribution in [0.3, 0.4) is 0 Å². The van der Waals surface area contributed by atoms with Gasteiger partial charge in [0.1, 0.15) is 5.82 Å². The number of nitrogens with one attached hydrogen (secondary N) is 1. The van der Waals surface area contributed by atoms with Gasteiger partial charge in [0.25, 0.3) is 0 Å². The van der Waals surface area contributed by atoms with Gasteiger partial charge in [-0.2, -0.15) is 0 Å². The van der Waals surface area contributed by atoms with Gasteiger partial charge in [0, 0.05) is 38.9 Å². The second-order valence-corrected chi connectivity index (χ2v) is 7.76. The van der Waals surface area contributed by atoms with Crippen LogP contribution in [0.25, 0.3) is 0 Å². The number of likely N-dealkylation sites (N-methyl/N-ethyl adjacent to an activating group) is 1. The lowest BCUT2D eigenvalue weighted by Crippen LogP contribution is -2.54. The van der Waals surface area contributed by atoms with Crippen molar-refractivity contribution in [1.82, 2.24) is 9.80 Å². The number of halogens is 1. The van der Waals surface area contributed by atoms with Gasteiger partial charge in [-0.15, -0.1) is 0 Å². The summed E-state index contributed by atoms with van der Waals surface area (Å²) in [4.78, 5) is 30.6. The molecule has 6 nitrogen and oxygen atoms in total. The molecule has 2 aromatic rings. The minimum atomic E-state index is -0.343. The van der Waals surface area contributed by atoms with E-state index in [4.69, 9.17) is 0 Å². The first kappa shape index (κ1) is 21.8. The summed E-state index contributed by atoms with van der Waals surface area (Å²) in [5, 5.41) is 2.81. The summed E-state index contributed by atoms with van der Waals surface area (Å²) in [6.45, 7) is 6.44. The molecule has 2 amide bonds. The van der Waals surface area contributed by atoms with E-state index >= 15 is 0 Å². The fraction of sp³-hybridized carbons (Fsp3) is 0.391. The lowest BCUT2D eigenvalue weighted by molar-refractivity contribution is -0.137. The highest BCUT2D eigenvalue weighted by Gasteiger charge is 2.28. The molecule has 1 atom stereocenters. The Kier molecular flexibility index (Phi) is 7.05. The molecule has 30 heavy (non-hydrogen) atoms. The quantitative estimate of drug-likeness (QED) is 0.793. The highest BCUT2D eigenvalue weighted by Crippen LogP contribution is 2.21. The van der Waals surface area contributed by atoms with Crippen molar-refractivity contribution in [2.45, 2.75) is 19.9 Å². The molecule has 0 unspecified atom stereocenters. The molecule has 3 rings (SSSR count). The number of piperazine rings is 1. The van der Waals surface area contributed by atoms with Crippen LogP contribution in [0, 0.1) is 12.7 Å².